The summed E-state index contributed by atoms with van der Waals surface area (Å²) in [5.41, 5.74) is 2.80. The standard InChI is InChI=1S/C19H17NO4/c1-12-7-9-13(10-8-12)18-20-15(19(21)24-18)11-14-5-4-6-16(22-2)17(14)23-3/h4-11H,1-3H3/b15-11+. The molecule has 0 spiro atoms. The molecule has 0 aromatic heterocycles. The van der Waals surface area contributed by atoms with E-state index in [9.17, 15) is 4.79 Å². The Labute approximate surface area is 140 Å². The van der Waals surface area contributed by atoms with Crippen LogP contribution in [0.5, 0.6) is 11.5 Å². The van der Waals surface area contributed by atoms with E-state index in [2.05, 4.69) is 4.99 Å². The molecule has 0 saturated heterocycles. The molecule has 2 aromatic rings. The van der Waals surface area contributed by atoms with Crippen LogP contribution in [0.25, 0.3) is 6.08 Å². The lowest BCUT2D eigenvalue weighted by Gasteiger charge is -2.09. The lowest BCUT2D eigenvalue weighted by atomic mass is 10.1. The summed E-state index contributed by atoms with van der Waals surface area (Å²) < 4.78 is 15.9. The summed E-state index contributed by atoms with van der Waals surface area (Å²) in [4.78, 5) is 16.4. The molecule has 3 rings (SSSR count). The van der Waals surface area contributed by atoms with Crippen LogP contribution < -0.4 is 9.47 Å². The first-order chi connectivity index (χ1) is 11.6. The van der Waals surface area contributed by atoms with Crippen molar-refractivity contribution >= 4 is 17.9 Å². The van der Waals surface area contributed by atoms with Gasteiger partial charge in [0, 0.05) is 11.1 Å². The van der Waals surface area contributed by atoms with Gasteiger partial charge < -0.3 is 14.2 Å². The number of hydrogen-bond acceptors (Lipinski definition) is 5. The molecule has 5 nitrogen and oxygen atoms in total. The lowest BCUT2D eigenvalue weighted by Crippen LogP contribution is -2.05. The number of benzene rings is 2. The molecule has 1 aliphatic rings. The summed E-state index contributed by atoms with van der Waals surface area (Å²) in [7, 11) is 3.11. The molecule has 0 aliphatic carbocycles. The first kappa shape index (κ1) is 15.8. The van der Waals surface area contributed by atoms with E-state index in [1.54, 1.807) is 26.4 Å². The van der Waals surface area contributed by atoms with E-state index in [0.717, 1.165) is 11.1 Å². The molecule has 0 radical (unpaired) electrons. The number of hydrogen-bond donors (Lipinski definition) is 0. The zero-order valence-corrected chi connectivity index (χ0v) is 13.7. The van der Waals surface area contributed by atoms with Gasteiger partial charge in [-0.15, -0.1) is 0 Å². The SMILES string of the molecule is COc1cccc(/C=C2/N=C(c3ccc(C)cc3)OC2=O)c1OC. The van der Waals surface area contributed by atoms with Gasteiger partial charge in [-0.25, -0.2) is 9.79 Å². The molecule has 0 bridgehead atoms. The maximum atomic E-state index is 12.1. The van der Waals surface area contributed by atoms with E-state index in [0.29, 0.717) is 23.0 Å². The highest BCUT2D eigenvalue weighted by atomic mass is 16.6. The van der Waals surface area contributed by atoms with Crippen LogP contribution in [-0.2, 0) is 9.53 Å². The van der Waals surface area contributed by atoms with Crippen LogP contribution in [0, 0.1) is 6.92 Å². The Morgan fingerprint density at radius 3 is 2.46 bits per heavy atom. The van der Waals surface area contributed by atoms with Gasteiger partial charge in [0.1, 0.15) is 0 Å². The summed E-state index contributed by atoms with van der Waals surface area (Å²) in [5, 5.41) is 0. The van der Waals surface area contributed by atoms with Crippen LogP contribution in [0.3, 0.4) is 0 Å². The Balaban J connectivity index is 1.99. The highest BCUT2D eigenvalue weighted by Gasteiger charge is 2.24. The predicted octanol–water partition coefficient (Wildman–Crippen LogP) is 3.36. The summed E-state index contributed by atoms with van der Waals surface area (Å²) in [5.74, 6) is 0.934. The topological polar surface area (TPSA) is 57.1 Å². The van der Waals surface area contributed by atoms with Crippen molar-refractivity contribution in [2.45, 2.75) is 6.92 Å². The van der Waals surface area contributed by atoms with Crippen LogP contribution in [0.15, 0.2) is 53.2 Å². The van der Waals surface area contributed by atoms with Gasteiger partial charge in [-0.1, -0.05) is 29.8 Å². The minimum Gasteiger partial charge on any atom is -0.493 e. The predicted molar refractivity (Wildman–Crippen MR) is 91.3 cm³/mol. The number of cyclic esters (lactones) is 1. The third kappa shape index (κ3) is 3.01. The van der Waals surface area contributed by atoms with Gasteiger partial charge in [-0.3, -0.25) is 0 Å². The Kier molecular flexibility index (Phi) is 4.33. The molecule has 1 aliphatic heterocycles. The molecule has 1 heterocycles. The monoisotopic (exact) mass is 323 g/mol. The van der Waals surface area contributed by atoms with Gasteiger partial charge in [-0.2, -0.15) is 0 Å². The first-order valence-corrected chi connectivity index (χ1v) is 7.43. The fourth-order valence-corrected chi connectivity index (χ4v) is 2.40. The molecule has 0 atom stereocenters. The van der Waals surface area contributed by atoms with Gasteiger partial charge in [0.2, 0.25) is 5.90 Å². The number of aliphatic imine (C=N–C) groups is 1. The fraction of sp³-hybridized carbons (Fsp3) is 0.158. The minimum atomic E-state index is -0.490. The first-order valence-electron chi connectivity index (χ1n) is 7.43. The number of para-hydroxylation sites is 1. The van der Waals surface area contributed by atoms with Crippen LogP contribution in [0.2, 0.25) is 0 Å². The molecule has 0 saturated carbocycles. The van der Waals surface area contributed by atoms with Crippen molar-refractivity contribution in [1.82, 2.24) is 0 Å². The number of carbonyl (C=O) groups is 1. The third-order valence-corrected chi connectivity index (χ3v) is 3.64. The summed E-state index contributed by atoms with van der Waals surface area (Å²) in [6.07, 6.45) is 1.63. The molecule has 0 fully saturated rings. The van der Waals surface area contributed by atoms with Crippen molar-refractivity contribution in [3.8, 4) is 11.5 Å². The normalized spacial score (nSPS) is 15.2. The van der Waals surface area contributed by atoms with Crippen molar-refractivity contribution in [2.24, 2.45) is 4.99 Å². The van der Waals surface area contributed by atoms with Crippen molar-refractivity contribution in [1.29, 1.82) is 0 Å². The van der Waals surface area contributed by atoms with Gasteiger partial charge in [-0.05, 0) is 31.2 Å². The largest absolute Gasteiger partial charge is 0.493 e. The molecule has 2 aromatic carbocycles. The number of aryl methyl sites for hydroxylation is 1. The number of nitrogens with zero attached hydrogens (tertiary/aromatic N) is 1. The lowest BCUT2D eigenvalue weighted by molar-refractivity contribution is -0.129. The van der Waals surface area contributed by atoms with Crippen LogP contribution in [0.1, 0.15) is 16.7 Å². The molecule has 0 N–H and O–H groups in total. The van der Waals surface area contributed by atoms with Gasteiger partial charge in [0.15, 0.2) is 17.2 Å². The zero-order valence-electron chi connectivity index (χ0n) is 13.7. The van der Waals surface area contributed by atoms with E-state index in [1.807, 2.05) is 43.3 Å². The van der Waals surface area contributed by atoms with Gasteiger partial charge in [0.25, 0.3) is 0 Å². The van der Waals surface area contributed by atoms with E-state index in [4.69, 9.17) is 14.2 Å². The number of rotatable bonds is 4. The summed E-state index contributed by atoms with van der Waals surface area (Å²) in [6.45, 7) is 1.99. The fourth-order valence-electron chi connectivity index (χ4n) is 2.40. The van der Waals surface area contributed by atoms with Crippen molar-refractivity contribution in [3.63, 3.8) is 0 Å². The summed E-state index contributed by atoms with van der Waals surface area (Å²) >= 11 is 0. The van der Waals surface area contributed by atoms with Gasteiger partial charge in [0.05, 0.1) is 14.2 Å². The second kappa shape index (κ2) is 6.58. The highest BCUT2D eigenvalue weighted by Crippen LogP contribution is 2.33. The van der Waals surface area contributed by atoms with E-state index in [1.165, 1.54) is 0 Å². The zero-order chi connectivity index (χ0) is 17.1. The molecule has 0 unspecified atom stereocenters. The third-order valence-electron chi connectivity index (χ3n) is 3.64. The number of carbonyl (C=O) groups excluding carboxylic acids is 1. The van der Waals surface area contributed by atoms with E-state index >= 15 is 0 Å². The summed E-state index contributed by atoms with van der Waals surface area (Å²) in [6, 6.07) is 13.1. The Morgan fingerprint density at radius 1 is 1.04 bits per heavy atom. The minimum absolute atomic E-state index is 0.220. The highest BCUT2D eigenvalue weighted by molar-refractivity contribution is 6.13. The second-order valence-corrected chi connectivity index (χ2v) is 5.28. The maximum absolute atomic E-state index is 12.1. The van der Waals surface area contributed by atoms with Crippen molar-refractivity contribution in [2.75, 3.05) is 14.2 Å². The molecular formula is C19H17NO4. The van der Waals surface area contributed by atoms with E-state index < -0.39 is 5.97 Å². The molecule has 5 heteroatoms. The quantitative estimate of drug-likeness (QED) is 0.639. The average Bonchev–Trinajstić information content (AvgIpc) is 2.96. The second-order valence-electron chi connectivity index (χ2n) is 5.28. The molecule has 24 heavy (non-hydrogen) atoms. The molecule has 0 amide bonds. The Morgan fingerprint density at radius 2 is 1.79 bits per heavy atom. The molecular weight excluding hydrogens is 306 g/mol. The van der Waals surface area contributed by atoms with Crippen LogP contribution in [-0.4, -0.2) is 26.1 Å². The average molecular weight is 323 g/mol. The number of ether oxygens (including phenoxy) is 3. The number of methoxy groups -OCH3 is 2. The van der Waals surface area contributed by atoms with Crippen LogP contribution in [0.4, 0.5) is 0 Å². The Hall–Kier alpha value is -3.08. The smallest absolute Gasteiger partial charge is 0.363 e. The van der Waals surface area contributed by atoms with Gasteiger partial charge >= 0.3 is 5.97 Å². The van der Waals surface area contributed by atoms with Crippen LogP contribution >= 0.6 is 0 Å². The van der Waals surface area contributed by atoms with Crippen molar-refractivity contribution in [3.05, 3.63) is 64.9 Å². The molecule has 122 valence electrons. The Bertz CT molecular complexity index is 835. The van der Waals surface area contributed by atoms with E-state index in [-0.39, 0.29) is 5.70 Å². The maximum Gasteiger partial charge on any atom is 0.363 e. The van der Waals surface area contributed by atoms with Crippen molar-refractivity contribution < 1.29 is 19.0 Å². The number of esters is 1.